The first-order valence-electron chi connectivity index (χ1n) is 5.02. The molecule has 0 radical (unpaired) electrons. The minimum atomic E-state index is -0.187. The van der Waals surface area contributed by atoms with Crippen LogP contribution in [0, 0.1) is 0 Å². The van der Waals surface area contributed by atoms with Gasteiger partial charge in [-0.2, -0.15) is 0 Å². The van der Waals surface area contributed by atoms with Gasteiger partial charge in [0, 0.05) is 5.54 Å². The van der Waals surface area contributed by atoms with Gasteiger partial charge in [-0.25, -0.2) is 0 Å². The Labute approximate surface area is 86.1 Å². The van der Waals surface area contributed by atoms with Crippen LogP contribution in [0.3, 0.4) is 0 Å². The molecule has 0 spiro atoms. The summed E-state index contributed by atoms with van der Waals surface area (Å²) in [4.78, 5) is 0. The number of nitrogens with two attached hydrogens (primary N) is 1. The predicted molar refractivity (Wildman–Crippen MR) is 59.6 cm³/mol. The molecular formula is C12H19NO. The molecular weight excluding hydrogens is 174 g/mol. The molecule has 2 N–H and O–H groups in total. The van der Waals surface area contributed by atoms with E-state index in [2.05, 4.69) is 6.07 Å². The minimum Gasteiger partial charge on any atom is -0.494 e. The van der Waals surface area contributed by atoms with Gasteiger partial charge in [0.1, 0.15) is 5.75 Å². The molecule has 0 heterocycles. The molecule has 0 fully saturated rings. The van der Waals surface area contributed by atoms with Crippen LogP contribution in [0.15, 0.2) is 24.3 Å². The molecule has 0 amide bonds. The van der Waals surface area contributed by atoms with Crippen LogP contribution >= 0.6 is 0 Å². The number of benzene rings is 1. The van der Waals surface area contributed by atoms with Gasteiger partial charge >= 0.3 is 0 Å². The lowest BCUT2D eigenvalue weighted by Crippen LogP contribution is -2.34. The van der Waals surface area contributed by atoms with Crippen LogP contribution in [-0.2, 0) is 6.42 Å². The smallest absolute Gasteiger partial charge is 0.122 e. The van der Waals surface area contributed by atoms with Gasteiger partial charge in [0.2, 0.25) is 0 Å². The van der Waals surface area contributed by atoms with E-state index < -0.39 is 0 Å². The van der Waals surface area contributed by atoms with Crippen molar-refractivity contribution in [2.24, 2.45) is 5.73 Å². The highest BCUT2D eigenvalue weighted by Gasteiger charge is 2.14. The van der Waals surface area contributed by atoms with Gasteiger partial charge in [0.05, 0.1) is 6.61 Å². The van der Waals surface area contributed by atoms with Crippen LogP contribution in [0.4, 0.5) is 0 Å². The lowest BCUT2D eigenvalue weighted by atomic mass is 9.96. The zero-order valence-corrected chi connectivity index (χ0v) is 9.21. The van der Waals surface area contributed by atoms with E-state index >= 15 is 0 Å². The van der Waals surface area contributed by atoms with Crippen molar-refractivity contribution in [2.75, 3.05) is 6.61 Å². The lowest BCUT2D eigenvalue weighted by Gasteiger charge is -2.20. The molecule has 2 heteroatoms. The Morgan fingerprint density at radius 3 is 2.50 bits per heavy atom. The SMILES string of the molecule is CCOc1ccccc1CC(C)(C)N. The molecule has 0 aliphatic carbocycles. The molecule has 14 heavy (non-hydrogen) atoms. The number of rotatable bonds is 4. The number of ether oxygens (including phenoxy) is 1. The lowest BCUT2D eigenvalue weighted by molar-refractivity contribution is 0.333. The van der Waals surface area contributed by atoms with Crippen LogP contribution in [0.2, 0.25) is 0 Å². The van der Waals surface area contributed by atoms with Gasteiger partial charge in [-0.3, -0.25) is 0 Å². The average molecular weight is 193 g/mol. The summed E-state index contributed by atoms with van der Waals surface area (Å²) in [6.07, 6.45) is 0.836. The molecule has 0 aromatic heterocycles. The zero-order chi connectivity index (χ0) is 10.6. The molecule has 0 aliphatic heterocycles. The van der Waals surface area contributed by atoms with E-state index in [-0.39, 0.29) is 5.54 Å². The maximum Gasteiger partial charge on any atom is 0.122 e. The van der Waals surface area contributed by atoms with Crippen molar-refractivity contribution >= 4 is 0 Å². The van der Waals surface area contributed by atoms with Crippen LogP contribution in [0.25, 0.3) is 0 Å². The van der Waals surface area contributed by atoms with Crippen LogP contribution < -0.4 is 10.5 Å². The Balaban J connectivity index is 2.84. The van der Waals surface area contributed by atoms with Crippen LogP contribution in [0.1, 0.15) is 26.3 Å². The molecule has 0 saturated carbocycles. The summed E-state index contributed by atoms with van der Waals surface area (Å²) in [5.41, 5.74) is 6.97. The van der Waals surface area contributed by atoms with Crippen molar-refractivity contribution < 1.29 is 4.74 Å². The fourth-order valence-corrected chi connectivity index (χ4v) is 1.44. The number of para-hydroxylation sites is 1. The first-order chi connectivity index (χ1) is 6.53. The maximum absolute atomic E-state index is 5.98. The van der Waals surface area contributed by atoms with E-state index in [1.807, 2.05) is 39.0 Å². The zero-order valence-electron chi connectivity index (χ0n) is 9.21. The molecule has 78 valence electrons. The van der Waals surface area contributed by atoms with Crippen molar-refractivity contribution in [2.45, 2.75) is 32.7 Å². The number of hydrogen-bond acceptors (Lipinski definition) is 2. The van der Waals surface area contributed by atoms with E-state index in [1.54, 1.807) is 0 Å². The van der Waals surface area contributed by atoms with E-state index in [0.717, 1.165) is 12.2 Å². The number of hydrogen-bond donors (Lipinski definition) is 1. The van der Waals surface area contributed by atoms with Gasteiger partial charge in [-0.05, 0) is 38.8 Å². The Morgan fingerprint density at radius 1 is 1.29 bits per heavy atom. The highest BCUT2D eigenvalue weighted by molar-refractivity contribution is 5.34. The van der Waals surface area contributed by atoms with Gasteiger partial charge in [0.25, 0.3) is 0 Å². The van der Waals surface area contributed by atoms with Gasteiger partial charge in [-0.15, -0.1) is 0 Å². The summed E-state index contributed by atoms with van der Waals surface area (Å²) < 4.78 is 5.53. The molecule has 1 aromatic carbocycles. The molecule has 0 aliphatic rings. The fourth-order valence-electron chi connectivity index (χ4n) is 1.44. The second kappa shape index (κ2) is 4.47. The molecule has 0 saturated heterocycles. The molecule has 1 aromatic rings. The predicted octanol–water partition coefficient (Wildman–Crippen LogP) is 2.37. The minimum absolute atomic E-state index is 0.187. The third kappa shape index (κ3) is 3.38. The first kappa shape index (κ1) is 11.1. The summed E-state index contributed by atoms with van der Waals surface area (Å²) in [5, 5.41) is 0. The van der Waals surface area contributed by atoms with Crippen LogP contribution in [0.5, 0.6) is 5.75 Å². The van der Waals surface area contributed by atoms with Crippen molar-refractivity contribution in [1.29, 1.82) is 0 Å². The summed E-state index contributed by atoms with van der Waals surface area (Å²) in [5.74, 6) is 0.952. The highest BCUT2D eigenvalue weighted by atomic mass is 16.5. The average Bonchev–Trinajstić information content (AvgIpc) is 2.06. The summed E-state index contributed by atoms with van der Waals surface area (Å²) in [6, 6.07) is 8.06. The quantitative estimate of drug-likeness (QED) is 0.796. The Kier molecular flexibility index (Phi) is 3.53. The largest absolute Gasteiger partial charge is 0.494 e. The Hall–Kier alpha value is -1.02. The third-order valence-corrected chi connectivity index (χ3v) is 1.92. The molecule has 1 rings (SSSR count). The van der Waals surface area contributed by atoms with Crippen LogP contribution in [-0.4, -0.2) is 12.1 Å². The monoisotopic (exact) mass is 193 g/mol. The fraction of sp³-hybridized carbons (Fsp3) is 0.500. The van der Waals surface area contributed by atoms with Crippen molar-refractivity contribution in [3.8, 4) is 5.75 Å². The molecule has 2 nitrogen and oxygen atoms in total. The first-order valence-corrected chi connectivity index (χ1v) is 5.02. The van der Waals surface area contributed by atoms with Crippen molar-refractivity contribution in [3.05, 3.63) is 29.8 Å². The normalized spacial score (nSPS) is 11.4. The molecule has 0 unspecified atom stereocenters. The van der Waals surface area contributed by atoms with E-state index in [0.29, 0.717) is 6.61 Å². The second-order valence-corrected chi connectivity index (χ2v) is 4.21. The topological polar surface area (TPSA) is 35.2 Å². The third-order valence-electron chi connectivity index (χ3n) is 1.92. The highest BCUT2D eigenvalue weighted by Crippen LogP contribution is 2.21. The van der Waals surface area contributed by atoms with Gasteiger partial charge in [-0.1, -0.05) is 18.2 Å². The molecule has 0 atom stereocenters. The van der Waals surface area contributed by atoms with Gasteiger partial charge in [0.15, 0.2) is 0 Å². The summed E-state index contributed by atoms with van der Waals surface area (Å²) in [7, 11) is 0. The Morgan fingerprint density at radius 2 is 1.93 bits per heavy atom. The summed E-state index contributed by atoms with van der Waals surface area (Å²) in [6.45, 7) is 6.73. The van der Waals surface area contributed by atoms with E-state index in [1.165, 1.54) is 5.56 Å². The van der Waals surface area contributed by atoms with Crippen molar-refractivity contribution in [3.63, 3.8) is 0 Å². The van der Waals surface area contributed by atoms with Crippen molar-refractivity contribution in [1.82, 2.24) is 0 Å². The Bertz CT molecular complexity index is 289. The van der Waals surface area contributed by atoms with Gasteiger partial charge < -0.3 is 10.5 Å². The standard InChI is InChI=1S/C12H19NO/c1-4-14-11-8-6-5-7-10(11)9-12(2,3)13/h5-8H,4,9,13H2,1-3H3. The second-order valence-electron chi connectivity index (χ2n) is 4.21. The maximum atomic E-state index is 5.98. The summed E-state index contributed by atoms with van der Waals surface area (Å²) >= 11 is 0. The van der Waals surface area contributed by atoms with E-state index in [9.17, 15) is 0 Å². The van der Waals surface area contributed by atoms with E-state index in [4.69, 9.17) is 10.5 Å². The molecule has 0 bridgehead atoms.